The van der Waals surface area contributed by atoms with Crippen LogP contribution in [0.15, 0.2) is 261 Å². The molecule has 0 saturated carbocycles. The van der Waals surface area contributed by atoms with Crippen molar-refractivity contribution in [1.29, 1.82) is 0 Å². The summed E-state index contributed by atoms with van der Waals surface area (Å²) in [6.45, 7) is 4.73. The van der Waals surface area contributed by atoms with E-state index in [4.69, 9.17) is 0 Å². The molecule has 0 aromatic heterocycles. The molecule has 11 aromatic carbocycles. The van der Waals surface area contributed by atoms with Gasteiger partial charge in [-0.2, -0.15) is 0 Å². The smallest absolute Gasteiger partial charge is 0.0540 e. The molecule has 0 atom stereocenters. The van der Waals surface area contributed by atoms with Gasteiger partial charge in [-0.3, -0.25) is 0 Å². The van der Waals surface area contributed by atoms with Crippen LogP contribution in [0.3, 0.4) is 0 Å². The highest BCUT2D eigenvalue weighted by molar-refractivity contribution is 6.09. The van der Waals surface area contributed by atoms with Crippen LogP contribution in [0.2, 0.25) is 0 Å². The minimum absolute atomic E-state index is 0.122. The Balaban J connectivity index is 1.04. The summed E-state index contributed by atoms with van der Waals surface area (Å²) in [6, 6.07) is 95.7. The Morgan fingerprint density at radius 3 is 1.41 bits per heavy atom. The first-order valence-corrected chi connectivity index (χ1v) is 23.7. The second kappa shape index (κ2) is 17.0. The standard InChI is InChI=1S/C67H49N/c1-67(2)62-33-15-12-29-57(62)58-43-39-52(45-63(58)67)55-28-13-16-34-64(55)68(65-35-17-14-30-59(65)60-32-19-27-50-26-18-31-56(66(50)60)48-22-8-4-9-23-48)53-40-36-46(37-41-53)51-38-42-54(47-20-6-3-7-21-47)61(44-51)49-24-10-5-11-25-49/h3-45H,1-2H3. The minimum atomic E-state index is -0.122. The number of hydrogen-bond donors (Lipinski definition) is 0. The first kappa shape index (κ1) is 40.9. The van der Waals surface area contributed by atoms with E-state index >= 15 is 0 Å². The molecule has 68 heavy (non-hydrogen) atoms. The highest BCUT2D eigenvalue weighted by Gasteiger charge is 2.35. The van der Waals surface area contributed by atoms with E-state index in [1.807, 2.05) is 0 Å². The zero-order valence-electron chi connectivity index (χ0n) is 38.3. The lowest BCUT2D eigenvalue weighted by Gasteiger charge is -2.30. The van der Waals surface area contributed by atoms with Crippen molar-refractivity contribution in [3.05, 3.63) is 272 Å². The molecule has 1 heteroatoms. The number of anilines is 3. The summed E-state index contributed by atoms with van der Waals surface area (Å²) in [5.74, 6) is 0. The molecule has 0 saturated heterocycles. The van der Waals surface area contributed by atoms with Crippen molar-refractivity contribution in [2.75, 3.05) is 4.90 Å². The van der Waals surface area contributed by atoms with Gasteiger partial charge in [0.15, 0.2) is 0 Å². The monoisotopic (exact) mass is 867 g/mol. The average Bonchev–Trinajstić information content (AvgIpc) is 3.64. The van der Waals surface area contributed by atoms with Gasteiger partial charge in [-0.05, 0) is 125 Å². The molecule has 11 aromatic rings. The molecule has 0 radical (unpaired) electrons. The summed E-state index contributed by atoms with van der Waals surface area (Å²) in [5.41, 5.74) is 22.9. The Hall–Kier alpha value is -8.52. The Labute approximate surface area is 399 Å². The number of nitrogens with zero attached hydrogens (tertiary/aromatic N) is 1. The third-order valence-corrected chi connectivity index (χ3v) is 14.1. The van der Waals surface area contributed by atoms with E-state index in [0.29, 0.717) is 0 Å². The Morgan fingerprint density at radius 1 is 0.265 bits per heavy atom. The maximum atomic E-state index is 2.49. The topological polar surface area (TPSA) is 3.24 Å². The van der Waals surface area contributed by atoms with E-state index < -0.39 is 0 Å². The van der Waals surface area contributed by atoms with E-state index in [0.717, 1.165) is 28.2 Å². The molecule has 0 spiro atoms. The minimum Gasteiger partial charge on any atom is -0.309 e. The molecule has 0 fully saturated rings. The molecule has 1 aliphatic rings. The summed E-state index contributed by atoms with van der Waals surface area (Å²) in [5, 5.41) is 2.45. The number of para-hydroxylation sites is 2. The first-order chi connectivity index (χ1) is 33.5. The van der Waals surface area contributed by atoms with Crippen molar-refractivity contribution >= 4 is 27.8 Å². The van der Waals surface area contributed by atoms with Gasteiger partial charge in [0.25, 0.3) is 0 Å². The van der Waals surface area contributed by atoms with Crippen molar-refractivity contribution in [3.8, 4) is 77.9 Å². The normalized spacial score (nSPS) is 12.4. The molecule has 0 unspecified atom stereocenters. The molecule has 0 bridgehead atoms. The molecular weight excluding hydrogens is 819 g/mol. The van der Waals surface area contributed by atoms with Gasteiger partial charge >= 0.3 is 0 Å². The van der Waals surface area contributed by atoms with Crippen molar-refractivity contribution < 1.29 is 0 Å². The third-order valence-electron chi connectivity index (χ3n) is 14.1. The fourth-order valence-corrected chi connectivity index (χ4v) is 10.8. The molecule has 322 valence electrons. The summed E-state index contributed by atoms with van der Waals surface area (Å²) >= 11 is 0. The zero-order chi connectivity index (χ0) is 45.6. The largest absolute Gasteiger partial charge is 0.309 e. The molecule has 0 N–H and O–H groups in total. The van der Waals surface area contributed by atoms with E-state index in [1.54, 1.807) is 0 Å². The Bertz CT molecular complexity index is 3620. The van der Waals surface area contributed by atoms with E-state index in [2.05, 4.69) is 280 Å². The van der Waals surface area contributed by atoms with Gasteiger partial charge in [0.1, 0.15) is 0 Å². The van der Waals surface area contributed by atoms with Crippen LogP contribution in [0, 0.1) is 0 Å². The van der Waals surface area contributed by atoms with Crippen LogP contribution < -0.4 is 4.90 Å². The highest BCUT2D eigenvalue weighted by atomic mass is 15.1. The van der Waals surface area contributed by atoms with Gasteiger partial charge in [0, 0.05) is 22.2 Å². The summed E-state index contributed by atoms with van der Waals surface area (Å²) in [6.07, 6.45) is 0. The van der Waals surface area contributed by atoms with E-state index in [9.17, 15) is 0 Å². The molecule has 0 amide bonds. The number of benzene rings is 11. The number of rotatable bonds is 9. The maximum absolute atomic E-state index is 2.49. The van der Waals surface area contributed by atoms with Crippen LogP contribution in [0.4, 0.5) is 17.1 Å². The van der Waals surface area contributed by atoms with Crippen LogP contribution in [0.1, 0.15) is 25.0 Å². The second-order valence-corrected chi connectivity index (χ2v) is 18.4. The van der Waals surface area contributed by atoms with E-state index in [-0.39, 0.29) is 5.41 Å². The Morgan fingerprint density at radius 2 is 0.735 bits per heavy atom. The maximum Gasteiger partial charge on any atom is 0.0540 e. The quantitative estimate of drug-likeness (QED) is 0.140. The van der Waals surface area contributed by atoms with Crippen LogP contribution in [-0.4, -0.2) is 0 Å². The SMILES string of the molecule is CC1(C)c2ccccc2-c2ccc(-c3ccccc3N(c3ccc(-c4ccc(-c5ccccc5)c(-c5ccccc5)c4)cc3)c3ccccc3-c3cccc4cccc(-c5ccccc5)c34)cc21. The van der Waals surface area contributed by atoms with Gasteiger partial charge in [-0.15, -0.1) is 0 Å². The third kappa shape index (κ3) is 7.12. The number of fused-ring (bicyclic) bond motifs is 4. The first-order valence-electron chi connectivity index (χ1n) is 23.7. The van der Waals surface area contributed by atoms with Gasteiger partial charge < -0.3 is 4.90 Å². The van der Waals surface area contributed by atoms with Gasteiger partial charge in [-0.1, -0.05) is 238 Å². The predicted octanol–water partition coefficient (Wildman–Crippen LogP) is 18.6. The van der Waals surface area contributed by atoms with Crippen molar-refractivity contribution in [2.45, 2.75) is 19.3 Å². The fourth-order valence-electron chi connectivity index (χ4n) is 10.8. The summed E-state index contributed by atoms with van der Waals surface area (Å²) in [4.78, 5) is 2.49. The molecule has 1 nitrogen and oxygen atoms in total. The highest BCUT2D eigenvalue weighted by Crippen LogP contribution is 2.52. The average molecular weight is 868 g/mol. The molecular formula is C67H49N. The van der Waals surface area contributed by atoms with Crippen LogP contribution in [0.25, 0.3) is 88.7 Å². The van der Waals surface area contributed by atoms with Crippen molar-refractivity contribution in [2.24, 2.45) is 0 Å². The molecule has 1 aliphatic carbocycles. The fraction of sp³-hybridized carbons (Fsp3) is 0.0448. The molecule has 12 rings (SSSR count). The summed E-state index contributed by atoms with van der Waals surface area (Å²) in [7, 11) is 0. The lowest BCUT2D eigenvalue weighted by Crippen LogP contribution is -2.15. The van der Waals surface area contributed by atoms with Gasteiger partial charge in [0.2, 0.25) is 0 Å². The van der Waals surface area contributed by atoms with Crippen LogP contribution in [0.5, 0.6) is 0 Å². The lowest BCUT2D eigenvalue weighted by atomic mass is 9.81. The number of hydrogen-bond acceptors (Lipinski definition) is 1. The lowest BCUT2D eigenvalue weighted by molar-refractivity contribution is 0.660. The van der Waals surface area contributed by atoms with Gasteiger partial charge in [-0.25, -0.2) is 0 Å². The molecule has 0 heterocycles. The van der Waals surface area contributed by atoms with Crippen molar-refractivity contribution in [1.82, 2.24) is 0 Å². The van der Waals surface area contributed by atoms with Crippen LogP contribution in [-0.2, 0) is 5.41 Å². The van der Waals surface area contributed by atoms with Crippen molar-refractivity contribution in [3.63, 3.8) is 0 Å². The zero-order valence-corrected chi connectivity index (χ0v) is 38.3. The molecule has 0 aliphatic heterocycles. The summed E-state index contributed by atoms with van der Waals surface area (Å²) < 4.78 is 0. The van der Waals surface area contributed by atoms with Gasteiger partial charge in [0.05, 0.1) is 11.4 Å². The predicted molar refractivity (Wildman–Crippen MR) is 289 cm³/mol. The second-order valence-electron chi connectivity index (χ2n) is 18.4. The Kier molecular flexibility index (Phi) is 10.3. The van der Waals surface area contributed by atoms with E-state index in [1.165, 1.54) is 88.7 Å². The van der Waals surface area contributed by atoms with Crippen LogP contribution >= 0.6 is 0 Å².